The molecule has 2 rings (SSSR count). The van der Waals surface area contributed by atoms with Gasteiger partial charge in [-0.3, -0.25) is 4.79 Å². The topological polar surface area (TPSA) is 46.9 Å². The highest BCUT2D eigenvalue weighted by Crippen LogP contribution is 2.30. The number of halogens is 3. The number of nitrogens with zero attached hydrogens (tertiary/aromatic N) is 2. The first-order valence-electron chi connectivity index (χ1n) is 5.42. The normalized spacial score (nSPS) is 12.2. The summed E-state index contributed by atoms with van der Waals surface area (Å²) in [6.45, 7) is 1.63. The van der Waals surface area contributed by atoms with Crippen molar-refractivity contribution in [3.63, 3.8) is 0 Å². The van der Waals surface area contributed by atoms with Gasteiger partial charge >= 0.3 is 6.30 Å². The van der Waals surface area contributed by atoms with Crippen molar-refractivity contribution in [2.45, 2.75) is 13.2 Å². The minimum atomic E-state index is -4.64. The van der Waals surface area contributed by atoms with E-state index in [9.17, 15) is 18.0 Å². The third-order valence-corrected chi connectivity index (χ3v) is 2.39. The number of fused-ring (bicyclic) bond motifs is 1. The number of benzene rings is 1. The van der Waals surface area contributed by atoms with Gasteiger partial charge in [0.1, 0.15) is 0 Å². The minimum absolute atomic E-state index is 0.0619. The van der Waals surface area contributed by atoms with Gasteiger partial charge in [-0.1, -0.05) is 18.2 Å². The number of carbonyl (C=O) groups is 1. The van der Waals surface area contributed by atoms with E-state index in [0.29, 0.717) is 0 Å². The molecule has 100 valence electrons. The molecular formula is C12H10F3N3O. The number of allylic oxidation sites excluding steroid dienone is 1. The van der Waals surface area contributed by atoms with Crippen molar-refractivity contribution in [3.05, 3.63) is 36.4 Å². The quantitative estimate of drug-likeness (QED) is 0.852. The Morgan fingerprint density at radius 2 is 2.05 bits per heavy atom. The predicted octanol–water partition coefficient (Wildman–Crippen LogP) is 3.03. The van der Waals surface area contributed by atoms with E-state index >= 15 is 0 Å². The van der Waals surface area contributed by atoms with E-state index in [4.69, 9.17) is 0 Å². The Bertz CT molecular complexity index is 643. The summed E-state index contributed by atoms with van der Waals surface area (Å²) in [5, 5.41) is 5.96. The third kappa shape index (κ3) is 2.59. The molecule has 4 nitrogen and oxygen atoms in total. The summed E-state index contributed by atoms with van der Waals surface area (Å²) >= 11 is 0. The van der Waals surface area contributed by atoms with Crippen LogP contribution >= 0.6 is 0 Å². The van der Waals surface area contributed by atoms with Crippen LogP contribution in [0.1, 0.15) is 6.92 Å². The van der Waals surface area contributed by atoms with E-state index in [1.807, 2.05) is 0 Å². The van der Waals surface area contributed by atoms with Gasteiger partial charge in [0, 0.05) is 5.39 Å². The number of anilines is 1. The zero-order valence-electron chi connectivity index (χ0n) is 9.90. The number of nitrogens with one attached hydrogen (secondary N) is 1. The Morgan fingerprint density at radius 1 is 1.37 bits per heavy atom. The van der Waals surface area contributed by atoms with Crippen LogP contribution in [0.3, 0.4) is 0 Å². The summed E-state index contributed by atoms with van der Waals surface area (Å²) in [6.07, 6.45) is -1.94. The number of alkyl halides is 3. The molecule has 0 aliphatic carbocycles. The molecule has 0 spiro atoms. The van der Waals surface area contributed by atoms with Crippen LogP contribution in [0, 0.1) is 0 Å². The van der Waals surface area contributed by atoms with Gasteiger partial charge in [-0.2, -0.15) is 4.68 Å². The number of para-hydroxylation sites is 1. The van der Waals surface area contributed by atoms with E-state index in [0.717, 1.165) is 0 Å². The molecule has 0 bridgehead atoms. The maximum atomic E-state index is 12.8. The summed E-state index contributed by atoms with van der Waals surface area (Å²) in [6, 6.07) is 5.82. The average molecular weight is 269 g/mol. The first-order valence-corrected chi connectivity index (χ1v) is 5.42. The van der Waals surface area contributed by atoms with Gasteiger partial charge in [-0.25, -0.2) is 0 Å². The average Bonchev–Trinajstić information content (AvgIpc) is 2.69. The number of rotatable bonds is 2. The van der Waals surface area contributed by atoms with E-state index in [2.05, 4.69) is 10.4 Å². The van der Waals surface area contributed by atoms with E-state index in [1.54, 1.807) is 13.0 Å². The maximum Gasteiger partial charge on any atom is 0.505 e. The monoisotopic (exact) mass is 269 g/mol. The molecule has 1 aromatic carbocycles. The Labute approximate surface area is 106 Å². The van der Waals surface area contributed by atoms with Crippen LogP contribution in [0.25, 0.3) is 10.9 Å². The van der Waals surface area contributed by atoms with Crippen molar-refractivity contribution >= 4 is 22.6 Å². The van der Waals surface area contributed by atoms with Gasteiger partial charge in [0.25, 0.3) is 0 Å². The largest absolute Gasteiger partial charge is 0.505 e. The molecule has 0 atom stereocenters. The van der Waals surface area contributed by atoms with Crippen molar-refractivity contribution in [1.29, 1.82) is 0 Å². The lowest BCUT2D eigenvalue weighted by Crippen LogP contribution is -2.18. The highest BCUT2D eigenvalue weighted by molar-refractivity contribution is 6.04. The number of amides is 1. The summed E-state index contributed by atoms with van der Waals surface area (Å²) in [5.41, 5.74) is -0.106. The molecule has 1 heterocycles. The molecule has 0 aliphatic rings. The van der Waals surface area contributed by atoms with Gasteiger partial charge < -0.3 is 5.32 Å². The molecule has 1 N–H and O–H groups in total. The second-order valence-electron chi connectivity index (χ2n) is 3.73. The van der Waals surface area contributed by atoms with Crippen LogP contribution in [0.4, 0.5) is 19.0 Å². The lowest BCUT2D eigenvalue weighted by atomic mass is 10.2. The molecule has 0 saturated heterocycles. The first kappa shape index (κ1) is 13.1. The smallest absolute Gasteiger partial charge is 0.305 e. The molecule has 2 aromatic rings. The fourth-order valence-corrected chi connectivity index (χ4v) is 1.66. The Balaban J connectivity index is 2.54. The Morgan fingerprint density at radius 3 is 2.68 bits per heavy atom. The SMILES string of the molecule is C/C=C/C(=O)Nc1nn(C(F)(F)F)c2ccccc12. The van der Waals surface area contributed by atoms with Crippen LogP contribution in [-0.2, 0) is 11.1 Å². The van der Waals surface area contributed by atoms with E-state index < -0.39 is 12.2 Å². The summed E-state index contributed by atoms with van der Waals surface area (Å²) < 4.78 is 38.3. The fourth-order valence-electron chi connectivity index (χ4n) is 1.66. The molecular weight excluding hydrogens is 259 g/mol. The number of carbonyl (C=O) groups excluding carboxylic acids is 1. The Kier molecular flexibility index (Phi) is 3.28. The summed E-state index contributed by atoms with van der Waals surface area (Å²) in [5.74, 6) is -0.642. The maximum absolute atomic E-state index is 12.8. The number of hydrogen-bond acceptors (Lipinski definition) is 2. The second-order valence-corrected chi connectivity index (χ2v) is 3.73. The highest BCUT2D eigenvalue weighted by atomic mass is 19.4. The zero-order valence-corrected chi connectivity index (χ0v) is 9.90. The molecule has 0 saturated carbocycles. The van der Waals surface area contributed by atoms with Crippen molar-refractivity contribution in [3.8, 4) is 0 Å². The van der Waals surface area contributed by atoms with Gasteiger partial charge in [-0.05, 0) is 25.1 Å². The zero-order chi connectivity index (χ0) is 14.0. The Hall–Kier alpha value is -2.31. The van der Waals surface area contributed by atoms with Crippen molar-refractivity contribution in [2.75, 3.05) is 5.32 Å². The fraction of sp³-hybridized carbons (Fsp3) is 0.167. The van der Waals surface area contributed by atoms with E-state index in [-0.39, 0.29) is 21.4 Å². The van der Waals surface area contributed by atoms with Crippen LogP contribution in [0.5, 0.6) is 0 Å². The van der Waals surface area contributed by atoms with Crippen molar-refractivity contribution < 1.29 is 18.0 Å². The highest BCUT2D eigenvalue weighted by Gasteiger charge is 2.34. The van der Waals surface area contributed by atoms with Crippen LogP contribution in [-0.4, -0.2) is 15.7 Å². The molecule has 1 aromatic heterocycles. The number of aromatic nitrogens is 2. The lowest BCUT2D eigenvalue weighted by Gasteiger charge is -2.06. The minimum Gasteiger partial charge on any atom is -0.305 e. The lowest BCUT2D eigenvalue weighted by molar-refractivity contribution is -0.208. The third-order valence-electron chi connectivity index (χ3n) is 2.39. The molecule has 7 heteroatoms. The van der Waals surface area contributed by atoms with Crippen LogP contribution in [0.2, 0.25) is 0 Å². The number of hydrogen-bond donors (Lipinski definition) is 1. The second kappa shape index (κ2) is 4.75. The summed E-state index contributed by atoms with van der Waals surface area (Å²) in [4.78, 5) is 11.4. The molecule has 0 radical (unpaired) electrons. The molecule has 0 fully saturated rings. The van der Waals surface area contributed by atoms with Crippen molar-refractivity contribution in [2.24, 2.45) is 0 Å². The van der Waals surface area contributed by atoms with Gasteiger partial charge in [-0.15, -0.1) is 18.3 Å². The molecule has 19 heavy (non-hydrogen) atoms. The van der Waals surface area contributed by atoms with Crippen LogP contribution in [0.15, 0.2) is 36.4 Å². The molecule has 0 unspecified atom stereocenters. The summed E-state index contributed by atoms with van der Waals surface area (Å²) in [7, 11) is 0. The molecule has 1 amide bonds. The standard InChI is InChI=1S/C12H10F3N3O/c1-2-5-10(19)16-11-8-6-3-4-7-9(8)18(17-11)12(13,14)15/h2-7H,1H3,(H,16,17,19)/b5-2+. The first-order chi connectivity index (χ1) is 8.93. The van der Waals surface area contributed by atoms with Gasteiger partial charge in [0.2, 0.25) is 5.91 Å². The molecule has 0 aliphatic heterocycles. The van der Waals surface area contributed by atoms with Gasteiger partial charge in [0.05, 0.1) is 5.52 Å². The predicted molar refractivity (Wildman–Crippen MR) is 64.5 cm³/mol. The van der Waals surface area contributed by atoms with E-state index in [1.165, 1.54) is 30.4 Å². The van der Waals surface area contributed by atoms with Crippen molar-refractivity contribution in [1.82, 2.24) is 9.78 Å². The van der Waals surface area contributed by atoms with Gasteiger partial charge in [0.15, 0.2) is 5.82 Å². The van der Waals surface area contributed by atoms with Crippen LogP contribution < -0.4 is 5.32 Å².